The van der Waals surface area contributed by atoms with Gasteiger partial charge in [0.1, 0.15) is 5.82 Å². The highest BCUT2D eigenvalue weighted by atomic mass is 32.1. The molecule has 4 aromatic rings. The number of para-hydroxylation sites is 2. The van der Waals surface area contributed by atoms with Crippen LogP contribution in [0.3, 0.4) is 0 Å². The van der Waals surface area contributed by atoms with Gasteiger partial charge in [0.25, 0.3) is 0 Å². The van der Waals surface area contributed by atoms with E-state index in [1.807, 2.05) is 30.1 Å². The smallest absolute Gasteiger partial charge is 0.238 e. The molecular weight excluding hydrogens is 462 g/mol. The van der Waals surface area contributed by atoms with Gasteiger partial charge in [-0.25, -0.2) is 9.97 Å². The molecule has 5 heterocycles. The molecule has 2 fully saturated rings. The molecule has 2 saturated heterocycles. The van der Waals surface area contributed by atoms with E-state index in [1.54, 1.807) is 11.3 Å². The van der Waals surface area contributed by atoms with E-state index in [9.17, 15) is 4.79 Å². The molecular formula is C25H29N7O2S. The van der Waals surface area contributed by atoms with Crippen LogP contribution in [0.2, 0.25) is 0 Å². The topological polar surface area (TPSA) is 79.6 Å². The zero-order valence-corrected chi connectivity index (χ0v) is 20.9. The highest BCUT2D eigenvalue weighted by molar-refractivity contribution is 7.19. The molecule has 2 aliphatic rings. The Morgan fingerprint density at radius 2 is 1.86 bits per heavy atom. The SMILES string of the molecule is CCc1nc2ccccc2n1-c1nc(N2CCOCC2)c2sc(CN3CCN(C)CC3=O)cc2n1. The Bertz CT molecular complexity index is 1390. The Morgan fingerprint density at radius 3 is 2.66 bits per heavy atom. The summed E-state index contributed by atoms with van der Waals surface area (Å²) in [6.45, 7) is 7.79. The number of benzene rings is 1. The first-order valence-corrected chi connectivity index (χ1v) is 13.0. The van der Waals surface area contributed by atoms with Crippen LogP contribution in [-0.2, 0) is 22.5 Å². The lowest BCUT2D eigenvalue weighted by Gasteiger charge is -2.31. The summed E-state index contributed by atoms with van der Waals surface area (Å²) in [5.74, 6) is 2.70. The summed E-state index contributed by atoms with van der Waals surface area (Å²) in [6, 6.07) is 10.3. The number of ether oxygens (including phenoxy) is 1. The maximum atomic E-state index is 12.6. The van der Waals surface area contributed by atoms with E-state index in [4.69, 9.17) is 19.7 Å². The molecule has 9 nitrogen and oxygen atoms in total. The number of piperazine rings is 1. The Labute approximate surface area is 207 Å². The first kappa shape index (κ1) is 22.4. The van der Waals surface area contributed by atoms with Crippen molar-refractivity contribution in [2.24, 2.45) is 0 Å². The Kier molecular flexibility index (Phi) is 5.87. The van der Waals surface area contributed by atoms with Crippen LogP contribution in [0, 0.1) is 0 Å². The summed E-state index contributed by atoms with van der Waals surface area (Å²) in [6.07, 6.45) is 0.781. The fourth-order valence-electron chi connectivity index (χ4n) is 4.84. The molecule has 0 atom stereocenters. The van der Waals surface area contributed by atoms with E-state index in [0.717, 1.165) is 70.4 Å². The zero-order chi connectivity index (χ0) is 23.9. The lowest BCUT2D eigenvalue weighted by atomic mass is 10.3. The maximum absolute atomic E-state index is 12.6. The van der Waals surface area contributed by atoms with Crippen LogP contribution in [0.4, 0.5) is 5.82 Å². The van der Waals surface area contributed by atoms with Gasteiger partial charge in [-0.3, -0.25) is 14.3 Å². The minimum atomic E-state index is 0.175. The molecule has 182 valence electrons. The molecule has 0 aliphatic carbocycles. The third-order valence-electron chi connectivity index (χ3n) is 6.71. The number of hydrogen-bond donors (Lipinski definition) is 0. The van der Waals surface area contributed by atoms with Crippen LogP contribution in [0.5, 0.6) is 0 Å². The number of aromatic nitrogens is 4. The second-order valence-electron chi connectivity index (χ2n) is 9.13. The second kappa shape index (κ2) is 9.18. The van der Waals surface area contributed by atoms with Gasteiger partial charge in [-0.05, 0) is 25.2 Å². The standard InChI is InChI=1S/C25H29N7O2S/c1-3-21-26-18-6-4-5-7-20(18)32(21)25-27-19-14-17(15-31-9-8-29(2)16-22(31)33)35-23(19)24(28-25)30-10-12-34-13-11-30/h4-7,14H,3,8-13,15-16H2,1-2H3. The number of carbonyl (C=O) groups is 1. The van der Waals surface area contributed by atoms with E-state index in [1.165, 1.54) is 0 Å². The highest BCUT2D eigenvalue weighted by Gasteiger charge is 2.25. The number of anilines is 1. The maximum Gasteiger partial charge on any atom is 0.238 e. The van der Waals surface area contributed by atoms with Crippen molar-refractivity contribution in [1.29, 1.82) is 0 Å². The van der Waals surface area contributed by atoms with Gasteiger partial charge in [0, 0.05) is 37.5 Å². The van der Waals surface area contributed by atoms with Gasteiger partial charge in [0.05, 0.1) is 47.6 Å². The number of amides is 1. The first-order valence-electron chi connectivity index (χ1n) is 12.2. The van der Waals surface area contributed by atoms with E-state index in [2.05, 4.69) is 33.4 Å². The van der Waals surface area contributed by atoms with Gasteiger partial charge < -0.3 is 14.5 Å². The third kappa shape index (κ3) is 4.15. The number of fused-ring (bicyclic) bond motifs is 2. The van der Waals surface area contributed by atoms with Crippen LogP contribution < -0.4 is 4.90 Å². The van der Waals surface area contributed by atoms with Crippen LogP contribution in [0.15, 0.2) is 30.3 Å². The van der Waals surface area contributed by atoms with Gasteiger partial charge in [-0.15, -0.1) is 11.3 Å². The number of hydrogen-bond acceptors (Lipinski definition) is 8. The fraction of sp³-hybridized carbons (Fsp3) is 0.440. The molecule has 0 spiro atoms. The summed E-state index contributed by atoms with van der Waals surface area (Å²) in [5, 5.41) is 0. The lowest BCUT2D eigenvalue weighted by molar-refractivity contribution is -0.135. The van der Waals surface area contributed by atoms with Crippen molar-refractivity contribution in [2.45, 2.75) is 19.9 Å². The van der Waals surface area contributed by atoms with Crippen molar-refractivity contribution in [2.75, 3.05) is 57.9 Å². The fourth-order valence-corrected chi connectivity index (χ4v) is 5.97. The van der Waals surface area contributed by atoms with Gasteiger partial charge in [0.2, 0.25) is 11.9 Å². The molecule has 2 aliphatic heterocycles. The molecule has 35 heavy (non-hydrogen) atoms. The molecule has 0 saturated carbocycles. The molecule has 3 aromatic heterocycles. The summed E-state index contributed by atoms with van der Waals surface area (Å²) in [4.78, 5) is 35.0. The van der Waals surface area contributed by atoms with Crippen LogP contribution in [-0.4, -0.2) is 88.2 Å². The normalized spacial score (nSPS) is 17.7. The minimum Gasteiger partial charge on any atom is -0.378 e. The molecule has 1 aromatic carbocycles. The van der Waals surface area contributed by atoms with Crippen molar-refractivity contribution in [3.63, 3.8) is 0 Å². The minimum absolute atomic E-state index is 0.175. The number of likely N-dealkylation sites (N-methyl/N-ethyl adjacent to an activating group) is 1. The van der Waals surface area contributed by atoms with Crippen molar-refractivity contribution < 1.29 is 9.53 Å². The molecule has 1 amide bonds. The summed E-state index contributed by atoms with van der Waals surface area (Å²) < 4.78 is 8.76. The zero-order valence-electron chi connectivity index (χ0n) is 20.1. The van der Waals surface area contributed by atoms with Gasteiger partial charge in [0.15, 0.2) is 5.82 Å². The average Bonchev–Trinajstić information content (AvgIpc) is 3.46. The van der Waals surface area contributed by atoms with Crippen LogP contribution >= 0.6 is 11.3 Å². The van der Waals surface area contributed by atoms with Crippen LogP contribution in [0.1, 0.15) is 17.6 Å². The average molecular weight is 492 g/mol. The van der Waals surface area contributed by atoms with Gasteiger partial charge in [-0.1, -0.05) is 19.1 Å². The molecule has 0 radical (unpaired) electrons. The third-order valence-corrected chi connectivity index (χ3v) is 7.81. The van der Waals surface area contributed by atoms with Crippen molar-refractivity contribution in [1.82, 2.24) is 29.3 Å². The van der Waals surface area contributed by atoms with Crippen molar-refractivity contribution in [3.05, 3.63) is 41.0 Å². The Morgan fingerprint density at radius 1 is 1.03 bits per heavy atom. The number of morpholine rings is 1. The van der Waals surface area contributed by atoms with E-state index < -0.39 is 0 Å². The predicted molar refractivity (Wildman–Crippen MR) is 137 cm³/mol. The van der Waals surface area contributed by atoms with E-state index in [0.29, 0.717) is 32.3 Å². The van der Waals surface area contributed by atoms with Gasteiger partial charge >= 0.3 is 0 Å². The number of rotatable bonds is 5. The monoisotopic (exact) mass is 491 g/mol. The molecule has 0 bridgehead atoms. The van der Waals surface area contributed by atoms with Crippen molar-refractivity contribution in [3.8, 4) is 5.95 Å². The van der Waals surface area contributed by atoms with Crippen LogP contribution in [0.25, 0.3) is 27.2 Å². The number of imidazole rings is 1. The summed E-state index contributed by atoms with van der Waals surface area (Å²) in [7, 11) is 1.99. The molecule has 10 heteroatoms. The first-order chi connectivity index (χ1) is 17.1. The summed E-state index contributed by atoms with van der Waals surface area (Å²) >= 11 is 1.69. The van der Waals surface area contributed by atoms with Crippen molar-refractivity contribution >= 4 is 44.3 Å². The second-order valence-corrected chi connectivity index (χ2v) is 10.3. The Hall–Kier alpha value is -3.08. The molecule has 0 unspecified atom stereocenters. The molecule has 0 N–H and O–H groups in total. The Balaban J connectivity index is 1.46. The summed E-state index contributed by atoms with van der Waals surface area (Å²) in [5.41, 5.74) is 2.87. The molecule has 6 rings (SSSR count). The predicted octanol–water partition coefficient (Wildman–Crippen LogP) is 2.70. The van der Waals surface area contributed by atoms with E-state index in [-0.39, 0.29) is 5.91 Å². The largest absolute Gasteiger partial charge is 0.378 e. The number of thiophene rings is 1. The van der Waals surface area contributed by atoms with Gasteiger partial charge in [-0.2, -0.15) is 4.98 Å². The number of aryl methyl sites for hydroxylation is 1. The number of carbonyl (C=O) groups excluding carboxylic acids is 1. The number of nitrogens with zero attached hydrogens (tertiary/aromatic N) is 7. The lowest BCUT2D eigenvalue weighted by Crippen LogP contribution is -2.48. The highest BCUT2D eigenvalue weighted by Crippen LogP contribution is 2.35. The van der Waals surface area contributed by atoms with E-state index >= 15 is 0 Å². The quantitative estimate of drug-likeness (QED) is 0.425.